The van der Waals surface area contributed by atoms with Crippen LogP contribution >= 0.6 is 11.6 Å². The Bertz CT molecular complexity index is 412. The molecule has 0 saturated heterocycles. The summed E-state index contributed by atoms with van der Waals surface area (Å²) in [6.07, 6.45) is 0. The molecule has 0 aliphatic rings. The SMILES string of the molecule is O=C(NCCCl)C(=O)NCc1ccccc1F. The van der Waals surface area contributed by atoms with Gasteiger partial charge in [0, 0.05) is 24.5 Å². The van der Waals surface area contributed by atoms with Crippen molar-refractivity contribution in [2.75, 3.05) is 12.4 Å². The summed E-state index contributed by atoms with van der Waals surface area (Å²) >= 11 is 5.35. The number of benzene rings is 1. The molecule has 0 saturated carbocycles. The summed E-state index contributed by atoms with van der Waals surface area (Å²) < 4.78 is 13.2. The Balaban J connectivity index is 2.43. The largest absolute Gasteiger partial charge is 0.347 e. The summed E-state index contributed by atoms with van der Waals surface area (Å²) in [5.74, 6) is -1.78. The summed E-state index contributed by atoms with van der Waals surface area (Å²) in [6, 6.07) is 6.02. The average Bonchev–Trinajstić information content (AvgIpc) is 2.34. The molecule has 92 valence electrons. The third-order valence-corrected chi connectivity index (χ3v) is 2.17. The van der Waals surface area contributed by atoms with Gasteiger partial charge >= 0.3 is 11.8 Å². The molecule has 1 aromatic carbocycles. The number of carbonyl (C=O) groups excluding carboxylic acids is 2. The monoisotopic (exact) mass is 258 g/mol. The van der Waals surface area contributed by atoms with Crippen LogP contribution in [-0.2, 0) is 16.1 Å². The summed E-state index contributed by atoms with van der Waals surface area (Å²) in [4.78, 5) is 22.4. The highest BCUT2D eigenvalue weighted by Crippen LogP contribution is 2.05. The van der Waals surface area contributed by atoms with Gasteiger partial charge in [-0.3, -0.25) is 9.59 Å². The minimum atomic E-state index is -0.807. The van der Waals surface area contributed by atoms with E-state index in [0.717, 1.165) is 0 Å². The van der Waals surface area contributed by atoms with Crippen molar-refractivity contribution in [2.24, 2.45) is 0 Å². The van der Waals surface area contributed by atoms with E-state index in [9.17, 15) is 14.0 Å². The van der Waals surface area contributed by atoms with Gasteiger partial charge in [0.2, 0.25) is 0 Å². The third kappa shape index (κ3) is 4.40. The summed E-state index contributed by atoms with van der Waals surface area (Å²) in [6.45, 7) is 0.188. The Morgan fingerprint density at radius 2 is 1.82 bits per heavy atom. The molecule has 17 heavy (non-hydrogen) atoms. The average molecular weight is 259 g/mol. The van der Waals surface area contributed by atoms with Crippen molar-refractivity contribution in [2.45, 2.75) is 6.54 Å². The molecule has 0 atom stereocenters. The van der Waals surface area contributed by atoms with Gasteiger partial charge in [-0.1, -0.05) is 18.2 Å². The van der Waals surface area contributed by atoms with E-state index in [1.54, 1.807) is 12.1 Å². The van der Waals surface area contributed by atoms with Crippen LogP contribution in [0.1, 0.15) is 5.56 Å². The summed E-state index contributed by atoms with van der Waals surface area (Å²) in [5, 5.41) is 4.62. The number of hydrogen-bond donors (Lipinski definition) is 2. The standard InChI is InChI=1S/C11H12ClFN2O2/c12-5-6-14-10(16)11(17)15-7-8-3-1-2-4-9(8)13/h1-4H,5-7H2,(H,14,16)(H,15,17). The third-order valence-electron chi connectivity index (χ3n) is 1.98. The molecule has 0 aliphatic heterocycles. The number of nitrogens with one attached hydrogen (secondary N) is 2. The normalized spacial score (nSPS) is 9.76. The number of alkyl halides is 1. The maximum atomic E-state index is 13.2. The van der Waals surface area contributed by atoms with Crippen LogP contribution in [0.4, 0.5) is 4.39 Å². The number of rotatable bonds is 4. The zero-order valence-corrected chi connectivity index (χ0v) is 9.76. The molecule has 6 heteroatoms. The number of hydrogen-bond acceptors (Lipinski definition) is 2. The number of amides is 2. The topological polar surface area (TPSA) is 58.2 Å². The number of halogens is 2. The Morgan fingerprint density at radius 3 is 2.47 bits per heavy atom. The lowest BCUT2D eigenvalue weighted by Gasteiger charge is -2.06. The lowest BCUT2D eigenvalue weighted by atomic mass is 10.2. The Hall–Kier alpha value is -1.62. The zero-order chi connectivity index (χ0) is 12.7. The van der Waals surface area contributed by atoms with Crippen LogP contribution in [0.5, 0.6) is 0 Å². The van der Waals surface area contributed by atoms with E-state index in [4.69, 9.17) is 11.6 Å². The fraction of sp³-hybridized carbons (Fsp3) is 0.273. The second-order valence-corrected chi connectivity index (χ2v) is 3.60. The molecule has 0 bridgehead atoms. The molecule has 2 N–H and O–H groups in total. The molecule has 0 spiro atoms. The fourth-order valence-electron chi connectivity index (χ4n) is 1.14. The maximum Gasteiger partial charge on any atom is 0.309 e. The van der Waals surface area contributed by atoms with E-state index in [1.807, 2.05) is 0 Å². The van der Waals surface area contributed by atoms with Crippen molar-refractivity contribution in [1.82, 2.24) is 10.6 Å². The highest BCUT2D eigenvalue weighted by molar-refractivity contribution is 6.35. The van der Waals surface area contributed by atoms with Crippen molar-refractivity contribution in [3.8, 4) is 0 Å². The van der Waals surface area contributed by atoms with Gasteiger partial charge in [0.15, 0.2) is 0 Å². The first-order valence-electron chi connectivity index (χ1n) is 5.00. The van der Waals surface area contributed by atoms with Gasteiger partial charge in [-0.25, -0.2) is 4.39 Å². The molecular weight excluding hydrogens is 247 g/mol. The van der Waals surface area contributed by atoms with Crippen LogP contribution in [0.15, 0.2) is 24.3 Å². The summed E-state index contributed by atoms with van der Waals surface area (Å²) in [7, 11) is 0. The second kappa shape index (κ2) is 6.85. The van der Waals surface area contributed by atoms with Crippen LogP contribution < -0.4 is 10.6 Å². The van der Waals surface area contributed by atoms with Gasteiger partial charge in [-0.2, -0.15) is 0 Å². The van der Waals surface area contributed by atoms with Crippen LogP contribution in [-0.4, -0.2) is 24.2 Å². The second-order valence-electron chi connectivity index (χ2n) is 3.22. The predicted molar refractivity (Wildman–Crippen MR) is 62.0 cm³/mol. The minimum Gasteiger partial charge on any atom is -0.347 e. The van der Waals surface area contributed by atoms with Gasteiger partial charge in [-0.05, 0) is 6.07 Å². The van der Waals surface area contributed by atoms with Crippen LogP contribution in [0.2, 0.25) is 0 Å². The molecule has 0 heterocycles. The fourth-order valence-corrected chi connectivity index (χ4v) is 1.23. The Kier molecular flexibility index (Phi) is 5.42. The highest BCUT2D eigenvalue weighted by atomic mass is 35.5. The van der Waals surface area contributed by atoms with Gasteiger partial charge in [-0.15, -0.1) is 11.6 Å². The quantitative estimate of drug-likeness (QED) is 0.620. The lowest BCUT2D eigenvalue weighted by molar-refractivity contribution is -0.139. The van der Waals surface area contributed by atoms with E-state index in [0.29, 0.717) is 5.56 Å². The van der Waals surface area contributed by atoms with Gasteiger partial charge in [0.25, 0.3) is 0 Å². The molecule has 0 aliphatic carbocycles. The van der Waals surface area contributed by atoms with Crippen molar-refractivity contribution >= 4 is 23.4 Å². The Labute approximate surface area is 103 Å². The first-order valence-corrected chi connectivity index (χ1v) is 5.54. The highest BCUT2D eigenvalue weighted by Gasteiger charge is 2.12. The first kappa shape index (κ1) is 13.4. The smallest absolute Gasteiger partial charge is 0.309 e. The molecule has 0 unspecified atom stereocenters. The zero-order valence-electron chi connectivity index (χ0n) is 9.00. The van der Waals surface area contributed by atoms with E-state index in [-0.39, 0.29) is 19.0 Å². The van der Waals surface area contributed by atoms with Gasteiger partial charge in [0.05, 0.1) is 0 Å². The molecule has 4 nitrogen and oxygen atoms in total. The molecular formula is C11H12ClFN2O2. The maximum absolute atomic E-state index is 13.2. The molecule has 1 rings (SSSR count). The van der Waals surface area contributed by atoms with Crippen molar-refractivity contribution in [1.29, 1.82) is 0 Å². The molecule has 0 radical (unpaired) electrons. The molecule has 1 aromatic rings. The van der Waals surface area contributed by atoms with E-state index >= 15 is 0 Å². The van der Waals surface area contributed by atoms with E-state index in [2.05, 4.69) is 10.6 Å². The van der Waals surface area contributed by atoms with Crippen LogP contribution in [0, 0.1) is 5.82 Å². The molecule has 0 fully saturated rings. The van der Waals surface area contributed by atoms with Crippen molar-refractivity contribution in [3.63, 3.8) is 0 Å². The minimum absolute atomic E-state index is 0.0280. The van der Waals surface area contributed by atoms with Crippen LogP contribution in [0.25, 0.3) is 0 Å². The lowest BCUT2D eigenvalue weighted by Crippen LogP contribution is -2.40. The van der Waals surface area contributed by atoms with E-state index < -0.39 is 17.6 Å². The van der Waals surface area contributed by atoms with E-state index in [1.165, 1.54) is 12.1 Å². The van der Waals surface area contributed by atoms with Gasteiger partial charge < -0.3 is 10.6 Å². The summed E-state index contributed by atoms with van der Waals surface area (Å²) in [5.41, 5.74) is 0.325. The molecule has 2 amide bonds. The predicted octanol–water partition coefficient (Wildman–Crippen LogP) is 0.797. The van der Waals surface area contributed by atoms with Gasteiger partial charge in [0.1, 0.15) is 5.82 Å². The molecule has 0 aromatic heterocycles. The van der Waals surface area contributed by atoms with Crippen LogP contribution in [0.3, 0.4) is 0 Å². The number of carbonyl (C=O) groups is 2. The first-order chi connectivity index (χ1) is 8.15. The Morgan fingerprint density at radius 1 is 1.18 bits per heavy atom. The van der Waals surface area contributed by atoms with Crippen molar-refractivity contribution < 1.29 is 14.0 Å². The van der Waals surface area contributed by atoms with Crippen molar-refractivity contribution in [3.05, 3.63) is 35.6 Å².